The van der Waals surface area contributed by atoms with Crippen molar-refractivity contribution in [2.45, 2.75) is 51.2 Å². The van der Waals surface area contributed by atoms with Crippen molar-refractivity contribution in [1.29, 1.82) is 0 Å². The zero-order valence-electron chi connectivity index (χ0n) is 19.3. The fraction of sp³-hybridized carbons (Fsp3) is 0.667. The highest BCUT2D eigenvalue weighted by molar-refractivity contribution is 5.96. The number of carboxylic acid groups (broad SMARTS) is 1. The first-order chi connectivity index (χ1) is 15.1. The van der Waals surface area contributed by atoms with Gasteiger partial charge in [0, 0.05) is 13.1 Å². The third-order valence-corrected chi connectivity index (χ3v) is 5.76. The van der Waals surface area contributed by atoms with Gasteiger partial charge in [-0.05, 0) is 43.7 Å². The molecule has 0 radical (unpaired) electrons. The van der Waals surface area contributed by atoms with E-state index in [-0.39, 0.29) is 30.5 Å². The molecule has 0 bridgehead atoms. The number of amides is 1. The van der Waals surface area contributed by atoms with Gasteiger partial charge in [-0.3, -0.25) is 4.79 Å². The predicted molar refractivity (Wildman–Crippen MR) is 109 cm³/mol. The van der Waals surface area contributed by atoms with Crippen molar-refractivity contribution in [2.75, 3.05) is 37.8 Å². The molecule has 1 aliphatic heterocycles. The lowest BCUT2D eigenvalue weighted by atomic mass is 9.92. The third-order valence-electron chi connectivity index (χ3n) is 5.76. The summed E-state index contributed by atoms with van der Waals surface area (Å²) in [5.41, 5.74) is -0.651. The van der Waals surface area contributed by atoms with Crippen molar-refractivity contribution in [3.05, 3.63) is 17.8 Å². The summed E-state index contributed by atoms with van der Waals surface area (Å²) in [6.45, 7) is 1.20. The minimum atomic E-state index is -2.88. The first-order valence-electron chi connectivity index (χ1n) is 11.3. The molecule has 3 rings (SSSR count). The van der Waals surface area contributed by atoms with Gasteiger partial charge in [-0.15, -0.1) is 0 Å². The smallest absolute Gasteiger partial charge is 0.329 e. The summed E-state index contributed by atoms with van der Waals surface area (Å²) in [5.74, 6) is -0.949. The van der Waals surface area contributed by atoms with Crippen LogP contribution in [0.2, 0.25) is 0 Å². The van der Waals surface area contributed by atoms with Gasteiger partial charge in [-0.1, -0.05) is 13.8 Å². The number of hydrogen-bond donors (Lipinski definition) is 2. The zero-order chi connectivity index (χ0) is 23.5. The second-order valence-corrected chi connectivity index (χ2v) is 7.80. The summed E-state index contributed by atoms with van der Waals surface area (Å²) in [6, 6.07) is 3.20. The van der Waals surface area contributed by atoms with Crippen LogP contribution >= 0.6 is 0 Å². The number of nitrogens with zero attached hydrogens (tertiary/aromatic N) is 2. The van der Waals surface area contributed by atoms with Gasteiger partial charge in [0.15, 0.2) is 0 Å². The van der Waals surface area contributed by atoms with Crippen LogP contribution in [0, 0.1) is 5.92 Å². The quantitative estimate of drug-likeness (QED) is 0.530. The second kappa shape index (κ2) is 9.59. The molecule has 2 aliphatic rings. The van der Waals surface area contributed by atoms with Gasteiger partial charge in [0.2, 0.25) is 5.88 Å². The Labute approximate surface area is 178 Å². The average molecular weight is 425 g/mol. The first-order valence-corrected chi connectivity index (χ1v) is 10.3. The van der Waals surface area contributed by atoms with E-state index in [9.17, 15) is 19.1 Å². The molecule has 8 nitrogen and oxygen atoms in total. The molecule has 1 amide bonds. The van der Waals surface area contributed by atoms with E-state index in [2.05, 4.69) is 10.3 Å². The van der Waals surface area contributed by atoms with Crippen LogP contribution in [0.3, 0.4) is 0 Å². The normalized spacial score (nSPS) is 18.3. The number of alkyl halides is 1. The van der Waals surface area contributed by atoms with Gasteiger partial charge in [0.1, 0.15) is 23.5 Å². The van der Waals surface area contributed by atoms with Crippen molar-refractivity contribution in [3.8, 4) is 5.88 Å². The number of nitrogens with one attached hydrogen (secondary N) is 1. The molecule has 1 aromatic heterocycles. The Morgan fingerprint density at radius 1 is 1.37 bits per heavy atom. The molecule has 2 N–H and O–H groups in total. The molecule has 2 fully saturated rings. The van der Waals surface area contributed by atoms with E-state index in [4.69, 9.17) is 12.2 Å². The van der Waals surface area contributed by atoms with Crippen LogP contribution in [0.5, 0.6) is 5.88 Å². The van der Waals surface area contributed by atoms with Crippen LogP contribution in [0.15, 0.2) is 12.1 Å². The fourth-order valence-electron chi connectivity index (χ4n) is 3.34. The number of ether oxygens (including phenoxy) is 2. The van der Waals surface area contributed by atoms with Crippen LogP contribution < -0.4 is 15.0 Å². The standard InChI is InChI=1S/C21H30FN3O5/c1-3-21(4-2,20(27)28)24-18(26)16-7-8-17(19(23-16)30-13-14-5-6-14)25-11-15(12-25)29-10-9-22/h7-8,14-15H,3-6,9-13H2,1-2H3,(H,24,26)(H,27,28)/i9D2. The largest absolute Gasteiger partial charge is 0.480 e. The lowest BCUT2D eigenvalue weighted by Crippen LogP contribution is -2.54. The fourth-order valence-corrected chi connectivity index (χ4v) is 3.34. The molecule has 0 atom stereocenters. The molecule has 1 saturated carbocycles. The maximum atomic E-state index is 13.0. The first kappa shape index (κ1) is 19.5. The molecule has 1 aliphatic carbocycles. The zero-order valence-corrected chi connectivity index (χ0v) is 17.3. The maximum absolute atomic E-state index is 13.0. The molecule has 166 valence electrons. The summed E-state index contributed by atoms with van der Waals surface area (Å²) >= 11 is 0. The van der Waals surface area contributed by atoms with E-state index in [1.807, 2.05) is 4.90 Å². The molecule has 0 spiro atoms. The van der Waals surface area contributed by atoms with E-state index in [1.165, 1.54) is 6.07 Å². The Balaban J connectivity index is 1.72. The van der Waals surface area contributed by atoms with Gasteiger partial charge >= 0.3 is 5.97 Å². The van der Waals surface area contributed by atoms with Crippen LogP contribution in [0.25, 0.3) is 0 Å². The van der Waals surface area contributed by atoms with Crippen LogP contribution in [0.4, 0.5) is 10.1 Å². The van der Waals surface area contributed by atoms with E-state index in [0.717, 1.165) is 12.8 Å². The SMILES string of the molecule is [2H]C([2H])(F)COC1CN(c2ccc(C(=O)NC(CC)(CC)C(=O)O)nc2OCC2CC2)C1. The average Bonchev–Trinajstić information content (AvgIpc) is 3.53. The van der Waals surface area contributed by atoms with Gasteiger partial charge < -0.3 is 24.8 Å². The van der Waals surface area contributed by atoms with E-state index >= 15 is 0 Å². The number of halogens is 1. The number of carbonyl (C=O) groups excluding carboxylic acids is 1. The molecule has 0 unspecified atom stereocenters. The monoisotopic (exact) mass is 425 g/mol. The van der Waals surface area contributed by atoms with Gasteiger partial charge in [0.25, 0.3) is 5.91 Å². The highest BCUT2D eigenvalue weighted by Crippen LogP contribution is 2.34. The molecular weight excluding hydrogens is 393 g/mol. The Kier molecular flexibility index (Phi) is 6.25. The number of anilines is 1. The van der Waals surface area contributed by atoms with Crippen LogP contribution in [-0.4, -0.2) is 66.5 Å². The van der Waals surface area contributed by atoms with Gasteiger partial charge in [0.05, 0.1) is 22.1 Å². The highest BCUT2D eigenvalue weighted by atomic mass is 19.1. The van der Waals surface area contributed by atoms with E-state index in [1.54, 1.807) is 19.9 Å². The Morgan fingerprint density at radius 2 is 2.07 bits per heavy atom. The number of carboxylic acids is 1. The van der Waals surface area contributed by atoms with Crippen LogP contribution in [0.1, 0.15) is 52.8 Å². The van der Waals surface area contributed by atoms with E-state index in [0.29, 0.717) is 31.3 Å². The summed E-state index contributed by atoms with van der Waals surface area (Å²) in [5, 5.41) is 12.2. The topological polar surface area (TPSA) is 101 Å². The van der Waals surface area contributed by atoms with Crippen molar-refractivity contribution < 1.29 is 31.3 Å². The Bertz CT molecular complexity index is 837. The van der Waals surface area contributed by atoms with Gasteiger partial charge in [-0.2, -0.15) is 0 Å². The summed E-state index contributed by atoms with van der Waals surface area (Å²) in [4.78, 5) is 30.8. The summed E-state index contributed by atoms with van der Waals surface area (Å²) in [7, 11) is 0. The second-order valence-electron chi connectivity index (χ2n) is 7.80. The molecular formula is C21H30FN3O5. The number of aromatic nitrogens is 1. The molecule has 9 heteroatoms. The van der Waals surface area contributed by atoms with Crippen molar-refractivity contribution in [1.82, 2.24) is 10.3 Å². The summed E-state index contributed by atoms with van der Waals surface area (Å²) < 4.78 is 37.9. The Hall–Kier alpha value is -2.42. The predicted octanol–water partition coefficient (Wildman–Crippen LogP) is 2.42. The summed E-state index contributed by atoms with van der Waals surface area (Å²) in [6.07, 6.45) is 2.31. The number of rotatable bonds is 12. The minimum Gasteiger partial charge on any atom is -0.480 e. The highest BCUT2D eigenvalue weighted by Gasteiger charge is 2.37. The minimum absolute atomic E-state index is 0.0611. The number of pyridine rings is 1. The van der Waals surface area contributed by atoms with Crippen molar-refractivity contribution in [2.24, 2.45) is 5.92 Å². The molecule has 0 aromatic carbocycles. The third kappa shape index (κ3) is 5.00. The van der Waals surface area contributed by atoms with E-state index < -0.39 is 30.6 Å². The molecule has 1 aromatic rings. The lowest BCUT2D eigenvalue weighted by molar-refractivity contribution is -0.144. The number of aliphatic carboxylic acids is 1. The molecule has 1 saturated heterocycles. The van der Waals surface area contributed by atoms with Gasteiger partial charge in [-0.25, -0.2) is 14.2 Å². The van der Waals surface area contributed by atoms with Crippen LogP contribution in [-0.2, 0) is 9.53 Å². The van der Waals surface area contributed by atoms with Crippen molar-refractivity contribution in [3.63, 3.8) is 0 Å². The molecule has 30 heavy (non-hydrogen) atoms. The molecule has 2 heterocycles. The number of hydrogen-bond acceptors (Lipinski definition) is 6. The maximum Gasteiger partial charge on any atom is 0.329 e. The Morgan fingerprint density at radius 3 is 2.63 bits per heavy atom. The lowest BCUT2D eigenvalue weighted by Gasteiger charge is -2.40. The van der Waals surface area contributed by atoms with Crippen molar-refractivity contribution >= 4 is 17.6 Å². The number of carbonyl (C=O) groups is 2.